The van der Waals surface area contributed by atoms with E-state index in [1.165, 1.54) is 5.52 Å². The van der Waals surface area contributed by atoms with Gasteiger partial charge in [-0.15, -0.1) is 0 Å². The van der Waals surface area contributed by atoms with Crippen LogP contribution in [0, 0.1) is 6.92 Å². The summed E-state index contributed by atoms with van der Waals surface area (Å²) in [7, 11) is 0. The molecule has 7 heteroatoms. The molecule has 1 aliphatic heterocycles. The highest BCUT2D eigenvalue weighted by Crippen LogP contribution is 2.32. The monoisotopic (exact) mass is 455 g/mol. The summed E-state index contributed by atoms with van der Waals surface area (Å²) in [6.07, 6.45) is 0. The molecule has 0 bridgehead atoms. The summed E-state index contributed by atoms with van der Waals surface area (Å²) in [5, 5.41) is 8.69. The van der Waals surface area contributed by atoms with E-state index in [2.05, 4.69) is 57.9 Å². The summed E-state index contributed by atoms with van der Waals surface area (Å²) in [6, 6.07) is 14.4. The molecule has 5 nitrogen and oxygen atoms in total. The number of piperazine rings is 1. The van der Waals surface area contributed by atoms with Crippen LogP contribution in [-0.2, 0) is 6.54 Å². The Balaban J connectivity index is 1.49. The smallest absolute Gasteiger partial charge is 0.169 e. The molecule has 1 atom stereocenters. The fourth-order valence-electron chi connectivity index (χ4n) is 3.76. The Morgan fingerprint density at radius 1 is 1.23 bits per heavy atom. The molecule has 2 heterocycles. The number of anilines is 1. The molecule has 1 aliphatic rings. The van der Waals surface area contributed by atoms with Crippen LogP contribution in [0.25, 0.3) is 11.0 Å². The fourth-order valence-corrected chi connectivity index (χ4v) is 5.03. The standard InChI is InChI=1S/C24H30ClN5S/c1-17-8-9-21(20(25)16-17)27-18(2)19(3)31-24-28-22-6-4-5-7-23(22)30(24)15-14-29-12-10-26-11-13-29/h4-9,16,19,26-27H,2,10-15H2,1,3H3. The zero-order chi connectivity index (χ0) is 21.8. The Labute approximate surface area is 193 Å². The molecule has 0 saturated carbocycles. The molecule has 0 radical (unpaired) electrons. The number of rotatable bonds is 8. The van der Waals surface area contributed by atoms with Gasteiger partial charge in [-0.25, -0.2) is 4.98 Å². The van der Waals surface area contributed by atoms with Crippen LogP contribution in [0.4, 0.5) is 5.69 Å². The topological polar surface area (TPSA) is 45.1 Å². The average Bonchev–Trinajstić information content (AvgIpc) is 3.11. The third-order valence-electron chi connectivity index (χ3n) is 5.66. The number of nitrogens with zero attached hydrogens (tertiary/aromatic N) is 3. The lowest BCUT2D eigenvalue weighted by Crippen LogP contribution is -2.44. The van der Waals surface area contributed by atoms with E-state index >= 15 is 0 Å². The molecule has 0 amide bonds. The van der Waals surface area contributed by atoms with Crippen LogP contribution in [0.15, 0.2) is 59.9 Å². The lowest BCUT2D eigenvalue weighted by Gasteiger charge is -2.27. The highest BCUT2D eigenvalue weighted by Gasteiger charge is 2.18. The number of thioether (sulfide) groups is 1. The van der Waals surface area contributed by atoms with Crippen molar-refractivity contribution in [2.24, 2.45) is 0 Å². The molecule has 164 valence electrons. The largest absolute Gasteiger partial charge is 0.357 e. The number of benzene rings is 2. The number of imidazole rings is 1. The molecule has 1 aromatic heterocycles. The summed E-state index contributed by atoms with van der Waals surface area (Å²) >= 11 is 8.13. The summed E-state index contributed by atoms with van der Waals surface area (Å²) in [6.45, 7) is 14.8. The van der Waals surface area contributed by atoms with Gasteiger partial charge < -0.3 is 15.2 Å². The van der Waals surface area contributed by atoms with E-state index in [4.69, 9.17) is 16.6 Å². The highest BCUT2D eigenvalue weighted by atomic mass is 35.5. The van der Waals surface area contributed by atoms with E-state index in [1.54, 1.807) is 11.8 Å². The van der Waals surface area contributed by atoms with Crippen molar-refractivity contribution in [1.82, 2.24) is 19.8 Å². The predicted octanol–water partition coefficient (Wildman–Crippen LogP) is 5.01. The first-order chi connectivity index (χ1) is 15.0. The van der Waals surface area contributed by atoms with Gasteiger partial charge in [0, 0.05) is 50.2 Å². The van der Waals surface area contributed by atoms with Gasteiger partial charge in [0.2, 0.25) is 0 Å². The minimum absolute atomic E-state index is 0.132. The van der Waals surface area contributed by atoms with Crippen LogP contribution < -0.4 is 10.6 Å². The van der Waals surface area contributed by atoms with Crippen LogP contribution in [-0.4, -0.2) is 52.4 Å². The number of nitrogens with one attached hydrogen (secondary N) is 2. The molecular formula is C24H30ClN5S. The van der Waals surface area contributed by atoms with Crippen molar-refractivity contribution in [3.63, 3.8) is 0 Å². The van der Waals surface area contributed by atoms with E-state index in [1.807, 2.05) is 25.1 Å². The normalized spacial score (nSPS) is 15.8. The first-order valence-corrected chi connectivity index (χ1v) is 12.0. The number of fused-ring (bicyclic) bond motifs is 1. The maximum absolute atomic E-state index is 6.40. The summed E-state index contributed by atoms with van der Waals surface area (Å²) in [5.41, 5.74) is 5.17. The minimum Gasteiger partial charge on any atom is -0.357 e. The van der Waals surface area contributed by atoms with Gasteiger partial charge in [-0.05, 0) is 43.7 Å². The van der Waals surface area contributed by atoms with Crippen molar-refractivity contribution in [3.8, 4) is 0 Å². The van der Waals surface area contributed by atoms with Crippen molar-refractivity contribution < 1.29 is 0 Å². The van der Waals surface area contributed by atoms with Gasteiger partial charge in [0.1, 0.15) is 0 Å². The predicted molar refractivity (Wildman–Crippen MR) is 133 cm³/mol. The quantitative estimate of drug-likeness (QED) is 0.467. The third kappa shape index (κ3) is 5.44. The van der Waals surface area contributed by atoms with Gasteiger partial charge in [-0.3, -0.25) is 4.90 Å². The molecule has 0 aliphatic carbocycles. The van der Waals surface area contributed by atoms with Gasteiger partial charge in [0.25, 0.3) is 0 Å². The maximum Gasteiger partial charge on any atom is 0.169 e. The maximum atomic E-state index is 6.40. The number of hydrogen-bond acceptors (Lipinski definition) is 5. The summed E-state index contributed by atoms with van der Waals surface area (Å²) in [5.74, 6) is 0. The lowest BCUT2D eigenvalue weighted by atomic mass is 10.2. The molecular weight excluding hydrogens is 426 g/mol. The van der Waals surface area contributed by atoms with Gasteiger partial charge in [0.05, 0.1) is 21.7 Å². The second kappa shape index (κ2) is 10.1. The van der Waals surface area contributed by atoms with Crippen LogP contribution >= 0.6 is 23.4 Å². The average molecular weight is 456 g/mol. The molecule has 0 spiro atoms. The first kappa shape index (κ1) is 22.2. The zero-order valence-electron chi connectivity index (χ0n) is 18.2. The van der Waals surface area contributed by atoms with Crippen molar-refractivity contribution in [1.29, 1.82) is 0 Å². The molecule has 4 rings (SSSR count). The van der Waals surface area contributed by atoms with Crippen molar-refractivity contribution >= 4 is 40.1 Å². The molecule has 1 saturated heterocycles. The lowest BCUT2D eigenvalue weighted by molar-refractivity contribution is 0.231. The Kier molecular flexibility index (Phi) is 7.23. The molecule has 31 heavy (non-hydrogen) atoms. The van der Waals surface area contributed by atoms with Crippen LogP contribution in [0.1, 0.15) is 12.5 Å². The second-order valence-electron chi connectivity index (χ2n) is 8.02. The van der Waals surface area contributed by atoms with Gasteiger partial charge >= 0.3 is 0 Å². The van der Waals surface area contributed by atoms with Crippen LogP contribution in [0.3, 0.4) is 0 Å². The Morgan fingerprint density at radius 2 is 2.00 bits per heavy atom. The van der Waals surface area contributed by atoms with E-state index in [0.29, 0.717) is 5.02 Å². The van der Waals surface area contributed by atoms with E-state index in [9.17, 15) is 0 Å². The van der Waals surface area contributed by atoms with Gasteiger partial charge in [0.15, 0.2) is 5.16 Å². The zero-order valence-corrected chi connectivity index (χ0v) is 19.8. The van der Waals surface area contributed by atoms with E-state index in [-0.39, 0.29) is 5.25 Å². The molecule has 3 aromatic rings. The SMILES string of the molecule is C=C(Nc1ccc(C)cc1Cl)C(C)Sc1nc2ccccc2n1CCN1CCNCC1. The van der Waals surface area contributed by atoms with Gasteiger partial charge in [-0.2, -0.15) is 0 Å². The fraction of sp³-hybridized carbons (Fsp3) is 0.375. The number of aryl methyl sites for hydroxylation is 1. The number of hydrogen-bond donors (Lipinski definition) is 2. The molecule has 1 fully saturated rings. The minimum atomic E-state index is 0.132. The van der Waals surface area contributed by atoms with Crippen molar-refractivity contribution in [3.05, 3.63) is 65.3 Å². The Morgan fingerprint density at radius 3 is 2.77 bits per heavy atom. The van der Waals surface area contributed by atoms with Crippen LogP contribution in [0.5, 0.6) is 0 Å². The Bertz CT molecular complexity index is 1060. The highest BCUT2D eigenvalue weighted by molar-refractivity contribution is 8.00. The molecule has 2 N–H and O–H groups in total. The van der Waals surface area contributed by atoms with Crippen LogP contribution in [0.2, 0.25) is 5.02 Å². The summed E-state index contributed by atoms with van der Waals surface area (Å²) < 4.78 is 2.35. The first-order valence-electron chi connectivity index (χ1n) is 10.8. The second-order valence-corrected chi connectivity index (χ2v) is 9.74. The summed E-state index contributed by atoms with van der Waals surface area (Å²) in [4.78, 5) is 7.45. The number of halogens is 1. The van der Waals surface area contributed by atoms with E-state index in [0.717, 1.165) is 66.9 Å². The molecule has 1 unspecified atom stereocenters. The van der Waals surface area contributed by atoms with Crippen molar-refractivity contribution in [2.75, 3.05) is 38.0 Å². The number of aromatic nitrogens is 2. The molecule has 2 aromatic carbocycles. The van der Waals surface area contributed by atoms with Crippen molar-refractivity contribution in [2.45, 2.75) is 30.8 Å². The van der Waals surface area contributed by atoms with Gasteiger partial charge in [-0.1, -0.05) is 48.1 Å². The van der Waals surface area contributed by atoms with E-state index < -0.39 is 0 Å². The third-order valence-corrected chi connectivity index (χ3v) is 7.13. The Hall–Kier alpha value is -1.99. The number of para-hydroxylation sites is 2.